The first-order valence-corrected chi connectivity index (χ1v) is 8.28. The summed E-state index contributed by atoms with van der Waals surface area (Å²) in [7, 11) is 1.82. The zero-order chi connectivity index (χ0) is 17.7. The van der Waals surface area contributed by atoms with Crippen molar-refractivity contribution in [3.63, 3.8) is 0 Å². The number of H-pyrrole nitrogens is 1. The summed E-state index contributed by atoms with van der Waals surface area (Å²) in [5.41, 5.74) is 2.36. The maximum absolute atomic E-state index is 12.4. The molecule has 0 saturated heterocycles. The predicted octanol–water partition coefficient (Wildman–Crippen LogP) is 4.17. The number of benzene rings is 2. The first-order valence-electron chi connectivity index (χ1n) is 7.53. The fraction of sp³-hybridized carbons (Fsp3) is 0.118. The van der Waals surface area contributed by atoms with Crippen molar-refractivity contribution in [3.8, 4) is 0 Å². The lowest BCUT2D eigenvalue weighted by atomic mass is 10.2. The maximum Gasteiger partial charge on any atom is 0.260 e. The Balaban J connectivity index is 1.97. The number of nitrogens with one attached hydrogen (secondary N) is 2. The third-order valence-electron chi connectivity index (χ3n) is 4.02. The summed E-state index contributed by atoms with van der Waals surface area (Å²) in [6.45, 7) is 1.75. The number of imidazole rings is 1. The highest BCUT2D eigenvalue weighted by atomic mass is 35.5. The Morgan fingerprint density at radius 1 is 1.08 bits per heavy atom. The Hall–Kier alpha value is -2.57. The van der Waals surface area contributed by atoms with Crippen molar-refractivity contribution in [1.82, 2.24) is 19.5 Å². The van der Waals surface area contributed by atoms with Gasteiger partial charge in [-0.15, -0.1) is 0 Å². The molecule has 4 aromatic rings. The van der Waals surface area contributed by atoms with Crippen molar-refractivity contribution in [3.05, 3.63) is 56.6 Å². The van der Waals surface area contributed by atoms with E-state index in [1.807, 2.05) is 13.1 Å². The quantitative estimate of drug-likeness (QED) is 0.552. The lowest BCUT2D eigenvalue weighted by molar-refractivity contribution is 0.959. The molecule has 0 saturated carbocycles. The van der Waals surface area contributed by atoms with Gasteiger partial charge in [-0.25, -0.2) is 9.97 Å². The van der Waals surface area contributed by atoms with E-state index in [0.29, 0.717) is 49.4 Å². The summed E-state index contributed by atoms with van der Waals surface area (Å²) in [5, 5.41) is 4.62. The number of halogens is 2. The molecule has 0 aliphatic heterocycles. The normalized spacial score (nSPS) is 11.4. The Kier molecular flexibility index (Phi) is 3.67. The maximum atomic E-state index is 12.4. The van der Waals surface area contributed by atoms with Gasteiger partial charge < -0.3 is 14.9 Å². The van der Waals surface area contributed by atoms with Gasteiger partial charge in [0.25, 0.3) is 5.56 Å². The highest BCUT2D eigenvalue weighted by Crippen LogP contribution is 2.33. The number of anilines is 2. The topological polar surface area (TPSA) is 75.6 Å². The minimum absolute atomic E-state index is 0.196. The summed E-state index contributed by atoms with van der Waals surface area (Å²) in [6.07, 6.45) is 0. The van der Waals surface area contributed by atoms with E-state index >= 15 is 0 Å². The molecule has 6 nitrogen and oxygen atoms in total. The van der Waals surface area contributed by atoms with Crippen LogP contribution in [-0.2, 0) is 7.05 Å². The van der Waals surface area contributed by atoms with Crippen LogP contribution >= 0.6 is 23.2 Å². The molecule has 0 fully saturated rings. The summed E-state index contributed by atoms with van der Waals surface area (Å²) < 4.78 is 1.80. The number of fused-ring (bicyclic) bond motifs is 3. The van der Waals surface area contributed by atoms with E-state index in [1.54, 1.807) is 35.8 Å². The van der Waals surface area contributed by atoms with Gasteiger partial charge in [0.15, 0.2) is 0 Å². The van der Waals surface area contributed by atoms with Crippen LogP contribution in [0.2, 0.25) is 10.0 Å². The average molecular weight is 374 g/mol. The van der Waals surface area contributed by atoms with Crippen LogP contribution in [-0.4, -0.2) is 19.5 Å². The molecule has 0 radical (unpaired) electrons. The van der Waals surface area contributed by atoms with Gasteiger partial charge in [-0.2, -0.15) is 0 Å². The number of nitrogens with zero attached hydrogens (tertiary/aromatic N) is 3. The average Bonchev–Trinajstić information content (AvgIpc) is 2.87. The predicted molar refractivity (Wildman–Crippen MR) is 101 cm³/mol. The van der Waals surface area contributed by atoms with Crippen LogP contribution in [0.25, 0.3) is 21.9 Å². The van der Waals surface area contributed by atoms with Gasteiger partial charge in [0, 0.05) is 7.05 Å². The third-order valence-corrected chi connectivity index (χ3v) is 4.65. The van der Waals surface area contributed by atoms with Crippen LogP contribution in [0.15, 0.2) is 35.1 Å². The van der Waals surface area contributed by atoms with E-state index in [4.69, 9.17) is 23.2 Å². The number of aromatic amines is 1. The van der Waals surface area contributed by atoms with Gasteiger partial charge in [-0.05, 0) is 31.2 Å². The molecule has 2 aromatic carbocycles. The summed E-state index contributed by atoms with van der Waals surface area (Å²) in [5.74, 6) is 1.10. The van der Waals surface area contributed by atoms with E-state index in [2.05, 4.69) is 20.3 Å². The van der Waals surface area contributed by atoms with E-state index < -0.39 is 0 Å². The summed E-state index contributed by atoms with van der Waals surface area (Å²) in [6, 6.07) is 8.88. The minimum Gasteiger partial charge on any atom is -0.323 e. The van der Waals surface area contributed by atoms with Gasteiger partial charge in [-0.1, -0.05) is 29.3 Å². The fourth-order valence-electron chi connectivity index (χ4n) is 2.89. The van der Waals surface area contributed by atoms with Gasteiger partial charge >= 0.3 is 0 Å². The zero-order valence-electron chi connectivity index (χ0n) is 13.4. The molecule has 0 amide bonds. The van der Waals surface area contributed by atoms with Crippen molar-refractivity contribution in [2.24, 2.45) is 7.05 Å². The SMILES string of the molecule is Cc1nc2ccc3nc(Nc4c(Cl)cccc4Cl)n(C)c3c2c(=O)[nH]1. The van der Waals surface area contributed by atoms with Crippen LogP contribution in [0.4, 0.5) is 11.6 Å². The number of aryl methyl sites for hydroxylation is 2. The van der Waals surface area contributed by atoms with E-state index in [1.165, 1.54) is 0 Å². The molecule has 0 aliphatic carbocycles. The van der Waals surface area contributed by atoms with E-state index in [-0.39, 0.29) is 5.56 Å². The monoisotopic (exact) mass is 373 g/mol. The Morgan fingerprint density at radius 2 is 1.76 bits per heavy atom. The summed E-state index contributed by atoms with van der Waals surface area (Å²) >= 11 is 12.4. The van der Waals surface area contributed by atoms with Crippen LogP contribution < -0.4 is 10.9 Å². The van der Waals surface area contributed by atoms with Crippen LogP contribution in [0.3, 0.4) is 0 Å². The Bertz CT molecular complexity index is 1180. The molecule has 2 aromatic heterocycles. The van der Waals surface area contributed by atoms with Gasteiger partial charge in [0.2, 0.25) is 5.95 Å². The molecular weight excluding hydrogens is 361 g/mol. The van der Waals surface area contributed by atoms with Gasteiger partial charge in [-0.3, -0.25) is 4.79 Å². The second-order valence-electron chi connectivity index (χ2n) is 5.69. The standard InChI is InChI=1S/C17H13Cl2N5O/c1-8-20-11-6-7-12-15(13(11)16(25)21-8)24(2)17(22-12)23-14-9(18)4-3-5-10(14)19/h3-7H,1-2H3,(H,22,23)(H,20,21,25). The van der Waals surface area contributed by atoms with Crippen LogP contribution in [0.5, 0.6) is 0 Å². The first-order chi connectivity index (χ1) is 12.0. The number of para-hydroxylation sites is 1. The third kappa shape index (κ3) is 2.54. The molecule has 2 heterocycles. The van der Waals surface area contributed by atoms with Crippen molar-refractivity contribution in [1.29, 1.82) is 0 Å². The zero-order valence-corrected chi connectivity index (χ0v) is 14.9. The highest BCUT2D eigenvalue weighted by molar-refractivity contribution is 6.39. The second kappa shape index (κ2) is 5.75. The van der Waals surface area contributed by atoms with Crippen molar-refractivity contribution in [2.75, 3.05) is 5.32 Å². The van der Waals surface area contributed by atoms with Crippen molar-refractivity contribution < 1.29 is 0 Å². The molecule has 8 heteroatoms. The molecule has 25 heavy (non-hydrogen) atoms. The van der Waals surface area contributed by atoms with Crippen molar-refractivity contribution >= 4 is 56.8 Å². The molecular formula is C17H13Cl2N5O. The molecule has 0 aliphatic rings. The number of hydrogen-bond acceptors (Lipinski definition) is 4. The molecule has 2 N–H and O–H groups in total. The lowest BCUT2D eigenvalue weighted by Crippen LogP contribution is -2.11. The molecule has 0 spiro atoms. The summed E-state index contributed by atoms with van der Waals surface area (Å²) in [4.78, 5) is 24.1. The van der Waals surface area contributed by atoms with E-state index in [9.17, 15) is 4.79 Å². The molecule has 0 unspecified atom stereocenters. The molecule has 126 valence electrons. The second-order valence-corrected chi connectivity index (χ2v) is 6.51. The fourth-order valence-corrected chi connectivity index (χ4v) is 3.38. The van der Waals surface area contributed by atoms with Crippen LogP contribution in [0, 0.1) is 6.92 Å². The van der Waals surface area contributed by atoms with E-state index in [0.717, 1.165) is 0 Å². The number of rotatable bonds is 2. The number of aromatic nitrogens is 4. The Morgan fingerprint density at radius 3 is 2.48 bits per heavy atom. The van der Waals surface area contributed by atoms with Crippen LogP contribution in [0.1, 0.15) is 5.82 Å². The van der Waals surface area contributed by atoms with Gasteiger partial charge in [0.05, 0.1) is 37.7 Å². The largest absolute Gasteiger partial charge is 0.323 e. The highest BCUT2D eigenvalue weighted by Gasteiger charge is 2.16. The molecule has 0 bridgehead atoms. The smallest absolute Gasteiger partial charge is 0.260 e. The van der Waals surface area contributed by atoms with Crippen molar-refractivity contribution in [2.45, 2.75) is 6.92 Å². The lowest BCUT2D eigenvalue weighted by Gasteiger charge is -2.10. The minimum atomic E-state index is -0.196. The molecule has 4 rings (SSSR count). The Labute approximate surface area is 152 Å². The molecule has 0 atom stereocenters. The first kappa shape index (κ1) is 15.9. The van der Waals surface area contributed by atoms with Gasteiger partial charge in [0.1, 0.15) is 5.82 Å². The number of hydrogen-bond donors (Lipinski definition) is 2.